The van der Waals surface area contributed by atoms with Gasteiger partial charge < -0.3 is 4.90 Å². The lowest BCUT2D eigenvalue weighted by atomic mass is 10.2. The number of carbonyl (C=O) groups is 1. The number of aryl methyl sites for hydroxylation is 2. The lowest BCUT2D eigenvalue weighted by Crippen LogP contribution is -2.28. The minimum atomic E-state index is -0.141. The van der Waals surface area contributed by atoms with E-state index in [1.807, 2.05) is 31.2 Å². The number of carbonyl (C=O) groups excluding carboxylic acids is 1. The van der Waals surface area contributed by atoms with Gasteiger partial charge in [-0.1, -0.05) is 35.3 Å². The van der Waals surface area contributed by atoms with Crippen molar-refractivity contribution in [2.24, 2.45) is 0 Å². The molecule has 0 saturated heterocycles. The van der Waals surface area contributed by atoms with Gasteiger partial charge >= 0.3 is 0 Å². The second-order valence-electron chi connectivity index (χ2n) is 4.85. The molecule has 0 fully saturated rings. The Kier molecular flexibility index (Phi) is 4.91. The second kappa shape index (κ2) is 6.50. The molecule has 0 radical (unpaired) electrons. The molecule has 2 rings (SSSR count). The van der Waals surface area contributed by atoms with Crippen molar-refractivity contribution in [2.75, 3.05) is 7.05 Å². The van der Waals surface area contributed by atoms with Gasteiger partial charge in [0.05, 0.1) is 10.7 Å². The highest BCUT2D eigenvalue weighted by atomic mass is 35.5. The molecule has 4 nitrogen and oxygen atoms in total. The smallest absolute Gasteiger partial charge is 0.273 e. The molecule has 0 atom stereocenters. The SMILES string of the molecule is CCn1nc(C)c(Cl)c1C(=O)N(C)Cc1ccc(Cl)cc1. The number of amides is 1. The molecule has 2 aromatic rings. The minimum absolute atomic E-state index is 0.141. The Hall–Kier alpha value is -1.52. The van der Waals surface area contributed by atoms with Crippen molar-refractivity contribution in [3.05, 3.63) is 51.3 Å². The van der Waals surface area contributed by atoms with E-state index in [1.54, 1.807) is 23.6 Å². The molecule has 0 aliphatic heterocycles. The summed E-state index contributed by atoms with van der Waals surface area (Å²) in [5, 5.41) is 5.37. The van der Waals surface area contributed by atoms with Gasteiger partial charge in [-0.05, 0) is 31.5 Å². The summed E-state index contributed by atoms with van der Waals surface area (Å²) in [7, 11) is 1.75. The standard InChI is InChI=1S/C15H17Cl2N3O/c1-4-20-14(13(17)10(2)18-20)15(21)19(3)9-11-5-7-12(16)8-6-11/h5-8H,4,9H2,1-3H3. The topological polar surface area (TPSA) is 38.1 Å². The van der Waals surface area contributed by atoms with Crippen molar-refractivity contribution >= 4 is 29.1 Å². The Bertz CT molecular complexity index is 650. The fraction of sp³-hybridized carbons (Fsp3) is 0.333. The number of rotatable bonds is 4. The third-order valence-electron chi connectivity index (χ3n) is 3.24. The number of hydrogen-bond donors (Lipinski definition) is 0. The van der Waals surface area contributed by atoms with Gasteiger partial charge in [-0.2, -0.15) is 5.10 Å². The van der Waals surface area contributed by atoms with Gasteiger partial charge in [0.1, 0.15) is 5.69 Å². The predicted molar refractivity (Wildman–Crippen MR) is 84.9 cm³/mol. The lowest BCUT2D eigenvalue weighted by molar-refractivity contribution is 0.0773. The first-order valence-electron chi connectivity index (χ1n) is 6.66. The summed E-state index contributed by atoms with van der Waals surface area (Å²) in [6.07, 6.45) is 0. The number of halogens is 2. The molecular formula is C15H17Cl2N3O. The third kappa shape index (κ3) is 3.39. The van der Waals surface area contributed by atoms with Gasteiger partial charge in [0.25, 0.3) is 5.91 Å². The molecule has 1 amide bonds. The van der Waals surface area contributed by atoms with E-state index in [9.17, 15) is 4.79 Å². The maximum atomic E-state index is 12.6. The molecule has 0 spiro atoms. The van der Waals surface area contributed by atoms with Gasteiger partial charge in [0.2, 0.25) is 0 Å². The van der Waals surface area contributed by atoms with E-state index < -0.39 is 0 Å². The summed E-state index contributed by atoms with van der Waals surface area (Å²) in [6, 6.07) is 7.41. The van der Waals surface area contributed by atoms with Gasteiger partial charge in [0.15, 0.2) is 0 Å². The molecule has 0 aliphatic rings. The Morgan fingerprint density at radius 3 is 2.48 bits per heavy atom. The van der Waals surface area contributed by atoms with Crippen LogP contribution in [0.5, 0.6) is 0 Å². The van der Waals surface area contributed by atoms with E-state index in [2.05, 4.69) is 5.10 Å². The monoisotopic (exact) mass is 325 g/mol. The van der Waals surface area contributed by atoms with E-state index in [0.717, 1.165) is 5.56 Å². The summed E-state index contributed by atoms with van der Waals surface area (Å²) in [4.78, 5) is 14.2. The summed E-state index contributed by atoms with van der Waals surface area (Å²) in [5.74, 6) is -0.141. The second-order valence-corrected chi connectivity index (χ2v) is 5.67. The quantitative estimate of drug-likeness (QED) is 0.857. The summed E-state index contributed by atoms with van der Waals surface area (Å²) >= 11 is 12.1. The van der Waals surface area contributed by atoms with Crippen LogP contribution in [0.25, 0.3) is 0 Å². The maximum absolute atomic E-state index is 12.6. The van der Waals surface area contributed by atoms with Crippen LogP contribution in [0.1, 0.15) is 28.7 Å². The molecular weight excluding hydrogens is 309 g/mol. The highest BCUT2D eigenvalue weighted by molar-refractivity contribution is 6.34. The molecule has 0 bridgehead atoms. The van der Waals surface area contributed by atoms with E-state index in [4.69, 9.17) is 23.2 Å². The zero-order valence-electron chi connectivity index (χ0n) is 12.2. The fourth-order valence-corrected chi connectivity index (χ4v) is 2.45. The van der Waals surface area contributed by atoms with Crippen LogP contribution >= 0.6 is 23.2 Å². The molecule has 6 heteroatoms. The first kappa shape index (κ1) is 15.9. The van der Waals surface area contributed by atoms with Crippen LogP contribution in [-0.4, -0.2) is 27.6 Å². The molecule has 21 heavy (non-hydrogen) atoms. The van der Waals surface area contributed by atoms with Crippen LogP contribution in [0.15, 0.2) is 24.3 Å². The number of nitrogens with zero attached hydrogens (tertiary/aromatic N) is 3. The lowest BCUT2D eigenvalue weighted by Gasteiger charge is -2.18. The Balaban J connectivity index is 2.21. The molecule has 0 N–H and O–H groups in total. The highest BCUT2D eigenvalue weighted by Crippen LogP contribution is 2.22. The Morgan fingerprint density at radius 1 is 1.29 bits per heavy atom. The van der Waals surface area contributed by atoms with E-state index in [-0.39, 0.29) is 5.91 Å². The first-order chi connectivity index (χ1) is 9.93. The third-order valence-corrected chi connectivity index (χ3v) is 3.94. The molecule has 0 saturated carbocycles. The Labute approximate surface area is 134 Å². The summed E-state index contributed by atoms with van der Waals surface area (Å²) in [5.41, 5.74) is 2.11. The largest absolute Gasteiger partial charge is 0.336 e. The first-order valence-corrected chi connectivity index (χ1v) is 7.42. The van der Waals surface area contributed by atoms with Gasteiger partial charge in [-0.3, -0.25) is 9.48 Å². The van der Waals surface area contributed by atoms with Gasteiger partial charge in [-0.15, -0.1) is 0 Å². The fourth-order valence-electron chi connectivity index (χ4n) is 2.11. The summed E-state index contributed by atoms with van der Waals surface area (Å²) < 4.78 is 1.64. The van der Waals surface area contributed by atoms with Crippen LogP contribution in [0, 0.1) is 6.92 Å². The maximum Gasteiger partial charge on any atom is 0.273 e. The Morgan fingerprint density at radius 2 is 1.90 bits per heavy atom. The number of benzene rings is 1. The molecule has 1 aromatic carbocycles. The average Bonchev–Trinajstić information content (AvgIpc) is 2.76. The predicted octanol–water partition coefficient (Wildman–Crippen LogP) is 3.79. The van der Waals surface area contributed by atoms with E-state index in [0.29, 0.717) is 34.5 Å². The average molecular weight is 326 g/mol. The summed E-state index contributed by atoms with van der Waals surface area (Å²) in [6.45, 7) is 4.81. The zero-order valence-corrected chi connectivity index (χ0v) is 13.7. The van der Waals surface area contributed by atoms with Crippen molar-refractivity contribution < 1.29 is 4.79 Å². The highest BCUT2D eigenvalue weighted by Gasteiger charge is 2.22. The molecule has 1 heterocycles. The van der Waals surface area contributed by atoms with Crippen molar-refractivity contribution in [2.45, 2.75) is 26.9 Å². The minimum Gasteiger partial charge on any atom is -0.336 e. The van der Waals surface area contributed by atoms with Crippen LogP contribution in [0.4, 0.5) is 0 Å². The van der Waals surface area contributed by atoms with Crippen molar-refractivity contribution in [1.29, 1.82) is 0 Å². The molecule has 0 aliphatic carbocycles. The zero-order chi connectivity index (χ0) is 15.6. The van der Waals surface area contributed by atoms with Crippen molar-refractivity contribution in [3.63, 3.8) is 0 Å². The molecule has 1 aromatic heterocycles. The van der Waals surface area contributed by atoms with Crippen LogP contribution in [-0.2, 0) is 13.1 Å². The van der Waals surface area contributed by atoms with Gasteiger partial charge in [-0.25, -0.2) is 0 Å². The normalized spacial score (nSPS) is 10.7. The van der Waals surface area contributed by atoms with Gasteiger partial charge in [0, 0.05) is 25.2 Å². The molecule has 0 unspecified atom stereocenters. The van der Waals surface area contributed by atoms with E-state index in [1.165, 1.54) is 0 Å². The van der Waals surface area contributed by atoms with Crippen LogP contribution < -0.4 is 0 Å². The van der Waals surface area contributed by atoms with Crippen LogP contribution in [0.3, 0.4) is 0 Å². The number of aromatic nitrogens is 2. The molecule has 112 valence electrons. The number of hydrogen-bond acceptors (Lipinski definition) is 2. The van der Waals surface area contributed by atoms with Crippen molar-refractivity contribution in [3.8, 4) is 0 Å². The van der Waals surface area contributed by atoms with Crippen molar-refractivity contribution in [1.82, 2.24) is 14.7 Å². The van der Waals surface area contributed by atoms with Crippen LogP contribution in [0.2, 0.25) is 10.0 Å². The van der Waals surface area contributed by atoms with E-state index >= 15 is 0 Å².